The summed E-state index contributed by atoms with van der Waals surface area (Å²) in [7, 11) is -2.09. The minimum absolute atomic E-state index is 0.0154. The highest BCUT2D eigenvalue weighted by molar-refractivity contribution is 7.89. The minimum atomic E-state index is -3.76. The number of carbonyl (C=O) groups is 1. The fourth-order valence-corrected chi connectivity index (χ4v) is 3.90. The van der Waals surface area contributed by atoms with Crippen molar-refractivity contribution < 1.29 is 22.5 Å². The van der Waals surface area contributed by atoms with Gasteiger partial charge in [-0.25, -0.2) is 13.1 Å². The number of hydrogen-bond acceptors (Lipinski definition) is 6. The normalized spacial score (nSPS) is 16.0. The zero-order chi connectivity index (χ0) is 18.6. The molecular weight excluding hydrogens is 358 g/mol. The van der Waals surface area contributed by atoms with Crippen molar-refractivity contribution in [2.75, 3.05) is 20.2 Å². The topological polar surface area (TPSA) is 102 Å². The van der Waals surface area contributed by atoms with Gasteiger partial charge in [-0.1, -0.05) is 11.2 Å². The van der Waals surface area contributed by atoms with Gasteiger partial charge in [0.05, 0.1) is 23.2 Å². The minimum Gasteiger partial charge on any atom is -0.381 e. The van der Waals surface area contributed by atoms with E-state index in [1.807, 2.05) is 0 Å². The van der Waals surface area contributed by atoms with Gasteiger partial charge in [-0.3, -0.25) is 4.79 Å². The summed E-state index contributed by atoms with van der Waals surface area (Å²) in [4.78, 5) is 14.4. The fraction of sp³-hybridized carbons (Fsp3) is 0.412. The zero-order valence-corrected chi connectivity index (χ0v) is 15.2. The maximum Gasteiger partial charge on any atom is 0.253 e. The van der Waals surface area contributed by atoms with Crippen LogP contribution in [0.4, 0.5) is 0 Å². The van der Waals surface area contributed by atoms with E-state index < -0.39 is 10.0 Å². The van der Waals surface area contributed by atoms with E-state index in [-0.39, 0.29) is 23.5 Å². The van der Waals surface area contributed by atoms with E-state index in [0.717, 1.165) is 12.8 Å². The largest absolute Gasteiger partial charge is 0.381 e. The van der Waals surface area contributed by atoms with Gasteiger partial charge in [-0.2, -0.15) is 0 Å². The molecule has 1 aliphatic heterocycles. The molecule has 0 bridgehead atoms. The highest BCUT2D eigenvalue weighted by Crippen LogP contribution is 2.18. The van der Waals surface area contributed by atoms with Gasteiger partial charge in [0, 0.05) is 31.8 Å². The molecular formula is C17H21N3O5S. The summed E-state index contributed by atoms with van der Waals surface area (Å²) in [5.74, 6) is -0.173. The molecule has 9 heteroatoms. The molecule has 1 saturated heterocycles. The van der Waals surface area contributed by atoms with Crippen molar-refractivity contribution in [1.29, 1.82) is 0 Å². The van der Waals surface area contributed by atoms with Crippen LogP contribution in [0, 0.1) is 0 Å². The third-order valence-electron chi connectivity index (χ3n) is 4.39. The maximum absolute atomic E-state index is 12.7. The van der Waals surface area contributed by atoms with Crippen molar-refractivity contribution in [2.24, 2.45) is 0 Å². The Hall–Kier alpha value is -2.23. The summed E-state index contributed by atoms with van der Waals surface area (Å²) in [6, 6.07) is 7.63. The highest BCUT2D eigenvalue weighted by Gasteiger charge is 2.24. The summed E-state index contributed by atoms with van der Waals surface area (Å²) >= 11 is 0. The fourth-order valence-electron chi connectivity index (χ4n) is 2.85. The van der Waals surface area contributed by atoms with Gasteiger partial charge in [0.25, 0.3) is 5.91 Å². The molecule has 0 atom stereocenters. The summed E-state index contributed by atoms with van der Waals surface area (Å²) in [6.07, 6.45) is 3.10. The van der Waals surface area contributed by atoms with Crippen LogP contribution in [0.3, 0.4) is 0 Å². The molecule has 1 N–H and O–H groups in total. The van der Waals surface area contributed by atoms with Crippen LogP contribution in [0.25, 0.3) is 0 Å². The van der Waals surface area contributed by atoms with Crippen LogP contribution in [0.1, 0.15) is 28.9 Å². The van der Waals surface area contributed by atoms with Crippen LogP contribution in [-0.2, 0) is 21.3 Å². The van der Waals surface area contributed by atoms with E-state index in [4.69, 9.17) is 4.74 Å². The lowest BCUT2D eigenvalue weighted by molar-refractivity contribution is 0.0350. The van der Waals surface area contributed by atoms with Crippen LogP contribution in [0.15, 0.2) is 46.0 Å². The second-order valence-corrected chi connectivity index (χ2v) is 7.84. The molecule has 1 amide bonds. The van der Waals surface area contributed by atoms with Gasteiger partial charge >= 0.3 is 0 Å². The van der Waals surface area contributed by atoms with E-state index in [1.165, 1.54) is 18.4 Å². The number of carbonyl (C=O) groups excluding carboxylic acids is 1. The molecule has 0 spiro atoms. The van der Waals surface area contributed by atoms with Crippen LogP contribution >= 0.6 is 0 Å². The summed E-state index contributed by atoms with van der Waals surface area (Å²) in [5, 5.41) is 3.66. The molecule has 0 unspecified atom stereocenters. The first-order chi connectivity index (χ1) is 12.5. The summed E-state index contributed by atoms with van der Waals surface area (Å²) in [6.45, 7) is 1.21. The number of rotatable bonds is 6. The number of piperidine rings is 1. The first-order valence-electron chi connectivity index (χ1n) is 8.30. The Bertz CT molecular complexity index is 843. The molecule has 26 heavy (non-hydrogen) atoms. The van der Waals surface area contributed by atoms with Crippen molar-refractivity contribution in [3.8, 4) is 0 Å². The van der Waals surface area contributed by atoms with E-state index in [1.54, 1.807) is 30.2 Å². The Morgan fingerprint density at radius 1 is 1.35 bits per heavy atom. The first kappa shape index (κ1) is 18.6. The number of methoxy groups -OCH3 is 1. The Morgan fingerprint density at radius 3 is 2.77 bits per heavy atom. The monoisotopic (exact) mass is 379 g/mol. The Morgan fingerprint density at radius 2 is 2.12 bits per heavy atom. The third-order valence-corrected chi connectivity index (χ3v) is 5.79. The summed E-state index contributed by atoms with van der Waals surface area (Å²) in [5.41, 5.74) is 0.826. The lowest BCUT2D eigenvalue weighted by Gasteiger charge is -2.31. The first-order valence-corrected chi connectivity index (χ1v) is 9.79. The number of hydrogen-bond donors (Lipinski definition) is 1. The SMILES string of the molecule is COC1CCN(C(=O)c2cccc(S(=O)(=O)NCc3ccon3)c2)CC1. The third kappa shape index (κ3) is 4.29. The van der Waals surface area contributed by atoms with Crippen molar-refractivity contribution >= 4 is 15.9 Å². The second kappa shape index (κ2) is 7.98. The van der Waals surface area contributed by atoms with E-state index in [0.29, 0.717) is 24.3 Å². The number of ether oxygens (including phenoxy) is 1. The number of likely N-dealkylation sites (tertiary alicyclic amines) is 1. The van der Waals surface area contributed by atoms with Crippen LogP contribution in [-0.4, -0.2) is 50.7 Å². The number of sulfonamides is 1. The molecule has 1 aromatic heterocycles. The van der Waals surface area contributed by atoms with E-state index >= 15 is 0 Å². The molecule has 0 aliphatic carbocycles. The molecule has 3 rings (SSSR count). The van der Waals surface area contributed by atoms with Gasteiger partial charge in [0.15, 0.2) is 0 Å². The van der Waals surface area contributed by atoms with E-state index in [9.17, 15) is 13.2 Å². The quantitative estimate of drug-likeness (QED) is 0.814. The highest BCUT2D eigenvalue weighted by atomic mass is 32.2. The van der Waals surface area contributed by atoms with Gasteiger partial charge in [-0.15, -0.1) is 0 Å². The number of nitrogens with one attached hydrogen (secondary N) is 1. The number of amides is 1. The van der Waals surface area contributed by atoms with Crippen LogP contribution < -0.4 is 4.72 Å². The Kier molecular flexibility index (Phi) is 5.70. The lowest BCUT2D eigenvalue weighted by Crippen LogP contribution is -2.40. The molecule has 1 aromatic carbocycles. The smallest absolute Gasteiger partial charge is 0.253 e. The predicted molar refractivity (Wildman–Crippen MR) is 92.9 cm³/mol. The standard InChI is InChI=1S/C17H21N3O5S/c1-24-15-5-8-20(9-6-15)17(21)13-3-2-4-16(11-13)26(22,23)18-12-14-7-10-25-19-14/h2-4,7,10-11,15,18H,5-6,8-9,12H2,1H3. The molecule has 1 aliphatic rings. The number of benzene rings is 1. The molecule has 1 fully saturated rings. The van der Waals surface area contributed by atoms with Crippen molar-refractivity contribution in [3.05, 3.63) is 47.9 Å². The van der Waals surface area contributed by atoms with Gasteiger partial charge in [-0.05, 0) is 31.0 Å². The van der Waals surface area contributed by atoms with Gasteiger partial charge in [0.2, 0.25) is 10.0 Å². The molecule has 140 valence electrons. The molecule has 2 aromatic rings. The van der Waals surface area contributed by atoms with Gasteiger partial charge in [0.1, 0.15) is 6.26 Å². The number of nitrogens with zero attached hydrogens (tertiary/aromatic N) is 2. The van der Waals surface area contributed by atoms with Gasteiger partial charge < -0.3 is 14.2 Å². The average Bonchev–Trinajstić information content (AvgIpc) is 3.20. The molecule has 0 radical (unpaired) electrons. The van der Waals surface area contributed by atoms with Crippen LogP contribution in [0.2, 0.25) is 0 Å². The zero-order valence-electron chi connectivity index (χ0n) is 14.4. The number of aromatic nitrogens is 1. The lowest BCUT2D eigenvalue weighted by atomic mass is 10.1. The Balaban J connectivity index is 1.70. The van der Waals surface area contributed by atoms with E-state index in [2.05, 4.69) is 14.4 Å². The average molecular weight is 379 g/mol. The van der Waals surface area contributed by atoms with Crippen molar-refractivity contribution in [3.63, 3.8) is 0 Å². The Labute approximate surface area is 152 Å². The maximum atomic E-state index is 12.7. The second-order valence-electron chi connectivity index (χ2n) is 6.07. The molecule has 8 nitrogen and oxygen atoms in total. The van der Waals surface area contributed by atoms with Crippen molar-refractivity contribution in [2.45, 2.75) is 30.4 Å². The molecule has 2 heterocycles. The summed E-state index contributed by atoms with van der Waals surface area (Å²) < 4.78 is 37.3. The predicted octanol–water partition coefficient (Wildman–Crippen LogP) is 1.40. The van der Waals surface area contributed by atoms with Crippen LogP contribution in [0.5, 0.6) is 0 Å². The molecule has 0 saturated carbocycles. The van der Waals surface area contributed by atoms with Crippen molar-refractivity contribution in [1.82, 2.24) is 14.8 Å².